The van der Waals surface area contributed by atoms with Crippen molar-refractivity contribution in [1.29, 1.82) is 0 Å². The number of aliphatic hydroxyl groups excluding tert-OH is 1. The van der Waals surface area contributed by atoms with Crippen molar-refractivity contribution in [2.24, 2.45) is 10.7 Å². The standard InChI is InChI=1S/C8H16N2O3/c1-6(9)10-5-3-2-4-7(11)8(12)13/h7,11H,2-5H2,1H3,(H2,9,10)(H,12,13). The number of carbonyl (C=O) groups is 1. The van der Waals surface area contributed by atoms with Crippen LogP contribution in [0.5, 0.6) is 0 Å². The van der Waals surface area contributed by atoms with Crippen LogP contribution in [0.1, 0.15) is 26.2 Å². The second-order valence-electron chi connectivity index (χ2n) is 2.87. The zero-order valence-corrected chi connectivity index (χ0v) is 7.73. The zero-order chi connectivity index (χ0) is 10.3. The first-order chi connectivity index (χ1) is 6.04. The molecule has 0 fully saturated rings. The Labute approximate surface area is 77.3 Å². The summed E-state index contributed by atoms with van der Waals surface area (Å²) < 4.78 is 0. The lowest BCUT2D eigenvalue weighted by atomic mass is 10.1. The minimum atomic E-state index is -1.25. The van der Waals surface area contributed by atoms with Gasteiger partial charge in [-0.3, -0.25) is 4.99 Å². The molecule has 0 aliphatic heterocycles. The topological polar surface area (TPSA) is 95.9 Å². The summed E-state index contributed by atoms with van der Waals surface area (Å²) in [6, 6.07) is 0. The number of aliphatic hydroxyl groups is 1. The van der Waals surface area contributed by atoms with Crippen LogP contribution < -0.4 is 5.73 Å². The molecule has 5 nitrogen and oxygen atoms in total. The molecule has 13 heavy (non-hydrogen) atoms. The first-order valence-electron chi connectivity index (χ1n) is 4.21. The Kier molecular flexibility index (Phi) is 5.88. The van der Waals surface area contributed by atoms with Crippen molar-refractivity contribution in [3.05, 3.63) is 0 Å². The molecule has 0 radical (unpaired) electrons. The van der Waals surface area contributed by atoms with Gasteiger partial charge in [-0.15, -0.1) is 0 Å². The van der Waals surface area contributed by atoms with Crippen LogP contribution >= 0.6 is 0 Å². The molecule has 0 amide bonds. The third kappa shape index (κ3) is 7.27. The molecule has 0 bridgehead atoms. The quantitative estimate of drug-likeness (QED) is 0.310. The van der Waals surface area contributed by atoms with E-state index in [9.17, 15) is 4.79 Å². The Morgan fingerprint density at radius 1 is 1.54 bits per heavy atom. The predicted octanol–water partition coefficient (Wildman–Crippen LogP) is -0.0207. The van der Waals surface area contributed by atoms with Crippen LogP contribution in [0.3, 0.4) is 0 Å². The van der Waals surface area contributed by atoms with Crippen LogP contribution in [-0.2, 0) is 4.79 Å². The summed E-state index contributed by atoms with van der Waals surface area (Å²) in [6.07, 6.45) is 0.417. The molecule has 0 spiro atoms. The Bertz CT molecular complexity index is 188. The van der Waals surface area contributed by atoms with Gasteiger partial charge in [0.1, 0.15) is 0 Å². The molecule has 0 aromatic heterocycles. The summed E-state index contributed by atoms with van der Waals surface area (Å²) in [5, 5.41) is 17.2. The average molecular weight is 188 g/mol. The lowest BCUT2D eigenvalue weighted by molar-refractivity contribution is -0.146. The highest BCUT2D eigenvalue weighted by Crippen LogP contribution is 2.00. The van der Waals surface area contributed by atoms with Crippen LogP contribution in [-0.4, -0.2) is 34.7 Å². The van der Waals surface area contributed by atoms with Gasteiger partial charge >= 0.3 is 5.97 Å². The minimum Gasteiger partial charge on any atom is -0.479 e. The minimum absolute atomic E-state index is 0.272. The molecule has 0 aromatic rings. The monoisotopic (exact) mass is 188 g/mol. The SMILES string of the molecule is CC(N)=NCCCCC(O)C(=O)O. The van der Waals surface area contributed by atoms with Gasteiger partial charge in [-0.2, -0.15) is 0 Å². The van der Waals surface area contributed by atoms with Gasteiger partial charge in [0.05, 0.1) is 5.84 Å². The second kappa shape index (κ2) is 6.42. The van der Waals surface area contributed by atoms with E-state index in [1.54, 1.807) is 6.92 Å². The highest BCUT2D eigenvalue weighted by molar-refractivity contribution is 5.77. The van der Waals surface area contributed by atoms with E-state index >= 15 is 0 Å². The van der Waals surface area contributed by atoms with Crippen molar-refractivity contribution in [1.82, 2.24) is 0 Å². The summed E-state index contributed by atoms with van der Waals surface area (Å²) in [5.74, 6) is -0.641. The van der Waals surface area contributed by atoms with Gasteiger partial charge in [-0.05, 0) is 26.2 Å². The van der Waals surface area contributed by atoms with Crippen LogP contribution in [0.25, 0.3) is 0 Å². The second-order valence-corrected chi connectivity index (χ2v) is 2.87. The zero-order valence-electron chi connectivity index (χ0n) is 7.73. The van der Waals surface area contributed by atoms with E-state index in [4.69, 9.17) is 15.9 Å². The van der Waals surface area contributed by atoms with E-state index < -0.39 is 12.1 Å². The van der Waals surface area contributed by atoms with Gasteiger partial charge in [-0.25, -0.2) is 4.79 Å². The molecule has 0 saturated carbocycles. The molecule has 0 heterocycles. The summed E-state index contributed by atoms with van der Waals surface area (Å²) in [6.45, 7) is 2.29. The van der Waals surface area contributed by atoms with Crippen molar-refractivity contribution in [2.75, 3.05) is 6.54 Å². The third-order valence-corrected chi connectivity index (χ3v) is 1.53. The fourth-order valence-electron chi connectivity index (χ4n) is 0.828. The van der Waals surface area contributed by atoms with Crippen LogP contribution in [0.15, 0.2) is 4.99 Å². The van der Waals surface area contributed by atoms with Gasteiger partial charge in [-0.1, -0.05) is 0 Å². The van der Waals surface area contributed by atoms with E-state index in [-0.39, 0.29) is 6.42 Å². The van der Waals surface area contributed by atoms with Gasteiger partial charge in [0.25, 0.3) is 0 Å². The number of hydrogen-bond donors (Lipinski definition) is 3. The normalized spacial score (nSPS) is 14.2. The lowest BCUT2D eigenvalue weighted by Gasteiger charge is -2.03. The Morgan fingerprint density at radius 3 is 2.62 bits per heavy atom. The van der Waals surface area contributed by atoms with Crippen molar-refractivity contribution in [3.8, 4) is 0 Å². The highest BCUT2D eigenvalue weighted by Gasteiger charge is 2.11. The predicted molar refractivity (Wildman–Crippen MR) is 49.7 cm³/mol. The molecule has 76 valence electrons. The fourth-order valence-corrected chi connectivity index (χ4v) is 0.828. The van der Waals surface area contributed by atoms with Gasteiger partial charge in [0.2, 0.25) is 0 Å². The van der Waals surface area contributed by atoms with Gasteiger partial charge in [0, 0.05) is 6.54 Å². The summed E-state index contributed by atoms with van der Waals surface area (Å²) in [5.41, 5.74) is 5.29. The molecule has 4 N–H and O–H groups in total. The molecular formula is C8H16N2O3. The maximum atomic E-state index is 10.2. The molecule has 1 atom stereocenters. The maximum Gasteiger partial charge on any atom is 0.332 e. The first kappa shape index (κ1) is 11.9. The van der Waals surface area contributed by atoms with Crippen LogP contribution in [0.4, 0.5) is 0 Å². The van der Waals surface area contributed by atoms with Crippen molar-refractivity contribution >= 4 is 11.8 Å². The lowest BCUT2D eigenvalue weighted by Crippen LogP contribution is -2.19. The largest absolute Gasteiger partial charge is 0.479 e. The van der Waals surface area contributed by atoms with E-state index in [2.05, 4.69) is 4.99 Å². The number of aliphatic carboxylic acids is 1. The van der Waals surface area contributed by atoms with Crippen molar-refractivity contribution < 1.29 is 15.0 Å². The molecule has 5 heteroatoms. The Hall–Kier alpha value is -1.10. The van der Waals surface area contributed by atoms with E-state index in [1.165, 1.54) is 0 Å². The summed E-state index contributed by atoms with van der Waals surface area (Å²) >= 11 is 0. The van der Waals surface area contributed by atoms with E-state index in [1.807, 2.05) is 0 Å². The Morgan fingerprint density at radius 2 is 2.15 bits per heavy atom. The number of carboxylic acids is 1. The number of aliphatic imine (C=N–C) groups is 1. The maximum absolute atomic E-state index is 10.2. The molecule has 0 rings (SSSR count). The number of nitrogens with zero attached hydrogens (tertiary/aromatic N) is 1. The van der Waals surface area contributed by atoms with Gasteiger partial charge < -0.3 is 15.9 Å². The molecule has 0 aliphatic rings. The highest BCUT2D eigenvalue weighted by atomic mass is 16.4. The third-order valence-electron chi connectivity index (χ3n) is 1.53. The van der Waals surface area contributed by atoms with Crippen molar-refractivity contribution in [2.45, 2.75) is 32.3 Å². The smallest absolute Gasteiger partial charge is 0.332 e. The number of nitrogens with two attached hydrogens (primary N) is 1. The Balaban J connectivity index is 3.36. The molecular weight excluding hydrogens is 172 g/mol. The van der Waals surface area contributed by atoms with Gasteiger partial charge in [0.15, 0.2) is 6.10 Å². The number of amidine groups is 1. The molecule has 0 saturated heterocycles. The fraction of sp³-hybridized carbons (Fsp3) is 0.750. The molecule has 1 unspecified atom stereocenters. The van der Waals surface area contributed by atoms with E-state index in [0.717, 1.165) is 6.42 Å². The first-order valence-corrected chi connectivity index (χ1v) is 4.21. The molecule has 0 aromatic carbocycles. The number of unbranched alkanes of at least 4 members (excludes halogenated alkanes) is 1. The van der Waals surface area contributed by atoms with Crippen LogP contribution in [0, 0.1) is 0 Å². The summed E-state index contributed by atoms with van der Waals surface area (Å²) in [7, 11) is 0. The number of hydrogen-bond acceptors (Lipinski definition) is 3. The van der Waals surface area contributed by atoms with E-state index in [0.29, 0.717) is 18.8 Å². The number of carboxylic acid groups (broad SMARTS) is 1. The van der Waals surface area contributed by atoms with Crippen LogP contribution in [0.2, 0.25) is 0 Å². The number of rotatable bonds is 6. The van der Waals surface area contributed by atoms with Crippen molar-refractivity contribution in [3.63, 3.8) is 0 Å². The average Bonchev–Trinajstić information content (AvgIpc) is 2.02. The molecule has 0 aliphatic carbocycles. The summed E-state index contributed by atoms with van der Waals surface area (Å²) in [4.78, 5) is 14.1.